The van der Waals surface area contributed by atoms with Crippen molar-refractivity contribution in [3.63, 3.8) is 0 Å². The van der Waals surface area contributed by atoms with Crippen molar-refractivity contribution in [1.29, 1.82) is 0 Å². The second-order valence-corrected chi connectivity index (χ2v) is 3.86. The van der Waals surface area contributed by atoms with E-state index >= 15 is 0 Å². The molecule has 1 saturated heterocycles. The van der Waals surface area contributed by atoms with Crippen LogP contribution in [-0.4, -0.2) is 19.3 Å². The highest BCUT2D eigenvalue weighted by atomic mass is 35.5. The van der Waals surface area contributed by atoms with Crippen molar-refractivity contribution in [3.05, 3.63) is 0 Å². The molecule has 2 fully saturated rings. The van der Waals surface area contributed by atoms with Gasteiger partial charge in [-0.2, -0.15) is 0 Å². The lowest BCUT2D eigenvalue weighted by Crippen LogP contribution is -2.42. The van der Waals surface area contributed by atoms with Crippen molar-refractivity contribution in [2.45, 2.75) is 31.9 Å². The Labute approximate surface area is 91.7 Å². The van der Waals surface area contributed by atoms with E-state index in [1.54, 1.807) is 0 Å². The van der Waals surface area contributed by atoms with E-state index in [2.05, 4.69) is 5.32 Å². The van der Waals surface area contributed by atoms with Crippen molar-refractivity contribution in [1.82, 2.24) is 5.32 Å². The molecule has 1 N–H and O–H groups in total. The first-order valence-electron chi connectivity index (χ1n) is 4.72. The molecule has 1 aliphatic heterocycles. The van der Waals surface area contributed by atoms with E-state index in [1.807, 2.05) is 0 Å². The first-order chi connectivity index (χ1) is 5.38. The molecule has 2 aliphatic rings. The molecular formula is C9H18Cl2FN. The van der Waals surface area contributed by atoms with Crippen LogP contribution in [0.3, 0.4) is 0 Å². The maximum Gasteiger partial charge on any atom is 0.116 e. The van der Waals surface area contributed by atoms with Gasteiger partial charge in [0.2, 0.25) is 0 Å². The summed E-state index contributed by atoms with van der Waals surface area (Å²) < 4.78 is 13.3. The molecular weight excluding hydrogens is 212 g/mol. The minimum atomic E-state index is -0.561. The van der Waals surface area contributed by atoms with E-state index < -0.39 is 6.17 Å². The fourth-order valence-electron chi connectivity index (χ4n) is 2.24. The summed E-state index contributed by atoms with van der Waals surface area (Å²) in [5, 5.41) is 3.09. The van der Waals surface area contributed by atoms with Crippen molar-refractivity contribution in [2.75, 3.05) is 13.1 Å². The smallest absolute Gasteiger partial charge is 0.116 e. The summed E-state index contributed by atoms with van der Waals surface area (Å²) >= 11 is 0. The number of hydrogen-bond donors (Lipinski definition) is 1. The molecule has 1 saturated carbocycles. The lowest BCUT2D eigenvalue weighted by molar-refractivity contribution is 0.0816. The van der Waals surface area contributed by atoms with E-state index in [-0.39, 0.29) is 24.8 Å². The fraction of sp³-hybridized carbons (Fsp3) is 1.00. The van der Waals surface area contributed by atoms with Gasteiger partial charge in [-0.05, 0) is 24.8 Å². The number of halogens is 3. The van der Waals surface area contributed by atoms with Crippen LogP contribution >= 0.6 is 24.8 Å². The minimum Gasteiger partial charge on any atom is -0.314 e. The molecule has 1 heterocycles. The van der Waals surface area contributed by atoms with Crippen LogP contribution in [0.15, 0.2) is 0 Å². The van der Waals surface area contributed by atoms with Crippen LogP contribution < -0.4 is 5.32 Å². The highest BCUT2D eigenvalue weighted by Crippen LogP contribution is 2.38. The van der Waals surface area contributed by atoms with Crippen molar-refractivity contribution >= 4 is 24.8 Å². The van der Waals surface area contributed by atoms with E-state index in [9.17, 15) is 4.39 Å². The summed E-state index contributed by atoms with van der Waals surface area (Å²) in [5.74, 6) is 1.12. The average Bonchev–Trinajstić information content (AvgIpc) is 1.90. The van der Waals surface area contributed by atoms with Gasteiger partial charge in [0.15, 0.2) is 0 Å². The van der Waals surface area contributed by atoms with Gasteiger partial charge in [0.1, 0.15) is 6.17 Å². The third-order valence-corrected chi connectivity index (χ3v) is 3.21. The molecule has 0 aromatic rings. The third kappa shape index (κ3) is 2.97. The minimum absolute atomic E-state index is 0. The quantitative estimate of drug-likeness (QED) is 0.730. The number of alkyl halides is 1. The molecule has 0 bridgehead atoms. The zero-order valence-corrected chi connectivity index (χ0v) is 9.30. The Morgan fingerprint density at radius 1 is 1.08 bits per heavy atom. The van der Waals surface area contributed by atoms with Crippen LogP contribution in [0.1, 0.15) is 25.7 Å². The van der Waals surface area contributed by atoms with Gasteiger partial charge in [0.25, 0.3) is 0 Å². The van der Waals surface area contributed by atoms with E-state index in [1.165, 1.54) is 19.3 Å². The predicted octanol–water partition coefficient (Wildman–Crippen LogP) is 2.58. The lowest BCUT2D eigenvalue weighted by atomic mass is 9.72. The Morgan fingerprint density at radius 2 is 1.77 bits per heavy atom. The molecule has 1 aliphatic carbocycles. The van der Waals surface area contributed by atoms with E-state index in [0.29, 0.717) is 12.5 Å². The van der Waals surface area contributed by atoms with E-state index in [0.717, 1.165) is 18.9 Å². The van der Waals surface area contributed by atoms with Crippen molar-refractivity contribution in [2.24, 2.45) is 11.8 Å². The van der Waals surface area contributed by atoms with Crippen molar-refractivity contribution in [3.8, 4) is 0 Å². The monoisotopic (exact) mass is 229 g/mol. The molecule has 2 atom stereocenters. The van der Waals surface area contributed by atoms with Crippen LogP contribution in [0.25, 0.3) is 0 Å². The maximum absolute atomic E-state index is 13.3. The Morgan fingerprint density at radius 3 is 2.23 bits per heavy atom. The summed E-state index contributed by atoms with van der Waals surface area (Å²) in [6, 6.07) is 0. The number of rotatable bonds is 1. The second kappa shape index (κ2) is 6.05. The molecule has 4 heteroatoms. The molecule has 0 spiro atoms. The van der Waals surface area contributed by atoms with Gasteiger partial charge in [-0.25, -0.2) is 4.39 Å². The molecule has 0 radical (unpaired) electrons. The van der Waals surface area contributed by atoms with E-state index in [4.69, 9.17) is 0 Å². The van der Waals surface area contributed by atoms with Gasteiger partial charge < -0.3 is 5.32 Å². The number of hydrogen-bond acceptors (Lipinski definition) is 1. The molecule has 1 nitrogen and oxygen atoms in total. The van der Waals surface area contributed by atoms with Crippen LogP contribution in [0, 0.1) is 11.8 Å². The summed E-state index contributed by atoms with van der Waals surface area (Å²) in [7, 11) is 0. The van der Waals surface area contributed by atoms with Crippen LogP contribution in [-0.2, 0) is 0 Å². The van der Waals surface area contributed by atoms with Crippen molar-refractivity contribution < 1.29 is 4.39 Å². The first-order valence-corrected chi connectivity index (χ1v) is 4.72. The Balaban J connectivity index is 0.000000720. The highest BCUT2D eigenvalue weighted by molar-refractivity contribution is 5.85. The zero-order valence-electron chi connectivity index (χ0n) is 7.67. The summed E-state index contributed by atoms with van der Waals surface area (Å²) in [6.45, 7) is 1.63. The average molecular weight is 230 g/mol. The van der Waals surface area contributed by atoms with Gasteiger partial charge >= 0.3 is 0 Å². The second-order valence-electron chi connectivity index (χ2n) is 3.86. The third-order valence-electron chi connectivity index (χ3n) is 3.21. The molecule has 80 valence electrons. The SMILES string of the molecule is Cl.Cl.FC1CNCCC1C1CCC1. The molecule has 2 unspecified atom stereocenters. The Bertz CT molecular complexity index is 140. The van der Waals surface area contributed by atoms with Gasteiger partial charge in [-0.15, -0.1) is 24.8 Å². The van der Waals surface area contributed by atoms with Crippen LogP contribution in [0.5, 0.6) is 0 Å². The van der Waals surface area contributed by atoms with Gasteiger partial charge in [-0.3, -0.25) is 0 Å². The van der Waals surface area contributed by atoms with Crippen LogP contribution in [0.4, 0.5) is 4.39 Å². The normalized spacial score (nSPS) is 33.9. The first kappa shape index (κ1) is 13.5. The van der Waals surface area contributed by atoms with Gasteiger partial charge in [0, 0.05) is 6.54 Å². The molecule has 2 rings (SSSR count). The summed E-state index contributed by atoms with van der Waals surface area (Å²) in [4.78, 5) is 0. The number of nitrogens with one attached hydrogen (secondary N) is 1. The molecule has 0 amide bonds. The predicted molar refractivity (Wildman–Crippen MR) is 57.7 cm³/mol. The highest BCUT2D eigenvalue weighted by Gasteiger charge is 2.34. The fourth-order valence-corrected chi connectivity index (χ4v) is 2.24. The molecule has 13 heavy (non-hydrogen) atoms. The number of piperidine rings is 1. The largest absolute Gasteiger partial charge is 0.314 e. The zero-order chi connectivity index (χ0) is 7.68. The standard InChI is InChI=1S/C9H16FN.2ClH/c10-9-6-11-5-4-8(9)7-2-1-3-7;;/h7-9,11H,1-6H2;2*1H. The van der Waals surface area contributed by atoms with Crippen LogP contribution in [0.2, 0.25) is 0 Å². The van der Waals surface area contributed by atoms with Gasteiger partial charge in [0.05, 0.1) is 0 Å². The van der Waals surface area contributed by atoms with Gasteiger partial charge in [-0.1, -0.05) is 19.3 Å². The summed E-state index contributed by atoms with van der Waals surface area (Å²) in [5.41, 5.74) is 0. The molecule has 0 aromatic heterocycles. The topological polar surface area (TPSA) is 12.0 Å². The molecule has 0 aromatic carbocycles. The summed E-state index contributed by atoms with van der Waals surface area (Å²) in [6.07, 6.45) is 4.40. The Kier molecular flexibility index (Phi) is 6.27. The Hall–Kier alpha value is 0.470. The maximum atomic E-state index is 13.3. The lowest BCUT2D eigenvalue weighted by Gasteiger charge is -2.38.